The van der Waals surface area contributed by atoms with Crippen LogP contribution in [0.25, 0.3) is 22.9 Å². The van der Waals surface area contributed by atoms with Crippen molar-refractivity contribution in [3.63, 3.8) is 0 Å². The van der Waals surface area contributed by atoms with E-state index in [0.29, 0.717) is 31.6 Å². The molecule has 9 nitrogen and oxygen atoms in total. The summed E-state index contributed by atoms with van der Waals surface area (Å²) in [5, 5.41) is 14.1. The summed E-state index contributed by atoms with van der Waals surface area (Å²) in [5.41, 5.74) is 2.53. The molecule has 2 fully saturated rings. The highest BCUT2D eigenvalue weighted by Gasteiger charge is 2.36. The monoisotopic (exact) mass is 480 g/mol. The maximum Gasteiger partial charge on any atom is 0.181 e. The maximum atomic E-state index is 6.05. The molecule has 1 unspecified atom stereocenters. The molecule has 0 amide bonds. The van der Waals surface area contributed by atoms with Crippen molar-refractivity contribution in [1.29, 1.82) is 0 Å². The van der Waals surface area contributed by atoms with E-state index in [2.05, 4.69) is 31.1 Å². The lowest BCUT2D eigenvalue weighted by atomic mass is 10.0. The highest BCUT2D eigenvalue weighted by atomic mass is 16.5. The Morgan fingerprint density at radius 2 is 2.00 bits per heavy atom. The second kappa shape index (κ2) is 10.1. The first-order valence-corrected chi connectivity index (χ1v) is 12.7. The van der Waals surface area contributed by atoms with E-state index in [4.69, 9.17) is 24.3 Å². The van der Waals surface area contributed by atoms with Gasteiger partial charge in [-0.3, -0.25) is 0 Å². The lowest BCUT2D eigenvalue weighted by Crippen LogP contribution is -2.18. The van der Waals surface area contributed by atoms with Crippen LogP contribution in [0.3, 0.4) is 0 Å². The van der Waals surface area contributed by atoms with Crippen molar-refractivity contribution in [3.05, 3.63) is 30.0 Å². The van der Waals surface area contributed by atoms with Gasteiger partial charge >= 0.3 is 0 Å². The molecule has 9 heteroatoms. The van der Waals surface area contributed by atoms with Gasteiger partial charge in [0, 0.05) is 25.6 Å². The minimum absolute atomic E-state index is 0.0850. The van der Waals surface area contributed by atoms with E-state index in [0.717, 1.165) is 41.5 Å². The van der Waals surface area contributed by atoms with Crippen molar-refractivity contribution in [2.75, 3.05) is 26.9 Å². The van der Waals surface area contributed by atoms with Gasteiger partial charge in [0.15, 0.2) is 17.3 Å². The van der Waals surface area contributed by atoms with E-state index >= 15 is 0 Å². The molecule has 0 radical (unpaired) electrons. The van der Waals surface area contributed by atoms with Crippen LogP contribution < -0.4 is 4.74 Å². The van der Waals surface area contributed by atoms with E-state index in [9.17, 15) is 0 Å². The number of ether oxygens (including phenoxy) is 3. The highest BCUT2D eigenvalue weighted by Crippen LogP contribution is 2.36. The number of methoxy groups -OCH3 is 1. The molecule has 2 aliphatic rings. The Morgan fingerprint density at radius 1 is 1.17 bits per heavy atom. The zero-order chi connectivity index (χ0) is 24.4. The summed E-state index contributed by atoms with van der Waals surface area (Å²) in [7, 11) is 1.66. The molecular formula is C26H36N6O3. The third kappa shape index (κ3) is 5.26. The average molecular weight is 481 g/mol. The smallest absolute Gasteiger partial charge is 0.181 e. The number of nitrogens with zero attached hydrogens (tertiary/aromatic N) is 6. The quantitative estimate of drug-likeness (QED) is 0.418. The minimum atomic E-state index is -0.196. The number of hydrogen-bond acceptors (Lipinski definition) is 7. The first kappa shape index (κ1) is 23.9. The second-order valence-corrected chi connectivity index (χ2v) is 10.4. The minimum Gasteiger partial charge on any atom is -0.491 e. The molecule has 1 saturated heterocycles. The van der Waals surface area contributed by atoms with Crippen molar-refractivity contribution >= 4 is 0 Å². The molecule has 0 spiro atoms. The Labute approximate surface area is 206 Å². The fourth-order valence-corrected chi connectivity index (χ4v) is 5.17. The summed E-state index contributed by atoms with van der Waals surface area (Å²) in [5.74, 6) is 2.84. The largest absolute Gasteiger partial charge is 0.491 e. The molecule has 0 N–H and O–H groups in total. The van der Waals surface area contributed by atoms with Gasteiger partial charge in [0.25, 0.3) is 0 Å². The fourth-order valence-electron chi connectivity index (χ4n) is 5.17. The van der Waals surface area contributed by atoms with Gasteiger partial charge in [0.1, 0.15) is 12.4 Å². The normalized spacial score (nSPS) is 20.1. The Kier molecular flexibility index (Phi) is 6.88. The third-order valence-corrected chi connectivity index (χ3v) is 7.12. The summed E-state index contributed by atoms with van der Waals surface area (Å²) in [4.78, 5) is 4.99. The predicted octanol–water partition coefficient (Wildman–Crippen LogP) is 4.47. The zero-order valence-electron chi connectivity index (χ0n) is 21.2. The Balaban J connectivity index is 1.49. The van der Waals surface area contributed by atoms with Crippen molar-refractivity contribution in [2.45, 2.75) is 71.1 Å². The number of benzene rings is 1. The van der Waals surface area contributed by atoms with E-state index in [1.54, 1.807) is 7.11 Å². The molecule has 2 aromatic heterocycles. The molecule has 1 aliphatic heterocycles. The summed E-state index contributed by atoms with van der Waals surface area (Å²) in [6, 6.07) is 7.96. The van der Waals surface area contributed by atoms with Gasteiger partial charge in [-0.25, -0.2) is 14.3 Å². The van der Waals surface area contributed by atoms with Crippen LogP contribution in [0.15, 0.2) is 24.3 Å². The van der Waals surface area contributed by atoms with E-state index in [1.807, 2.05) is 33.6 Å². The van der Waals surface area contributed by atoms with Crippen LogP contribution in [0, 0.1) is 12.8 Å². The van der Waals surface area contributed by atoms with Crippen molar-refractivity contribution in [3.8, 4) is 28.7 Å². The van der Waals surface area contributed by atoms with E-state index in [1.165, 1.54) is 25.7 Å². The molecule has 3 aromatic rings. The number of hydrogen-bond donors (Lipinski definition) is 0. The van der Waals surface area contributed by atoms with Crippen LogP contribution >= 0.6 is 0 Å². The second-order valence-electron chi connectivity index (χ2n) is 10.4. The topological polar surface area (TPSA) is 89.1 Å². The average Bonchev–Trinajstić information content (AvgIpc) is 3.63. The van der Waals surface area contributed by atoms with Gasteiger partial charge in [0.05, 0.1) is 30.6 Å². The van der Waals surface area contributed by atoms with E-state index < -0.39 is 0 Å². The zero-order valence-corrected chi connectivity index (χ0v) is 21.2. The molecule has 5 rings (SSSR count). The van der Waals surface area contributed by atoms with Crippen LogP contribution in [0.2, 0.25) is 0 Å². The predicted molar refractivity (Wildman–Crippen MR) is 132 cm³/mol. The van der Waals surface area contributed by atoms with Crippen LogP contribution in [-0.4, -0.2) is 62.3 Å². The Morgan fingerprint density at radius 3 is 2.74 bits per heavy atom. The fraction of sp³-hybridized carbons (Fsp3) is 0.615. The van der Waals surface area contributed by atoms with E-state index in [-0.39, 0.29) is 11.6 Å². The first-order valence-electron chi connectivity index (χ1n) is 12.7. The van der Waals surface area contributed by atoms with Gasteiger partial charge in [-0.05, 0) is 51.7 Å². The van der Waals surface area contributed by atoms with Crippen LogP contribution in [-0.2, 0) is 16.0 Å². The number of aromatic nitrogens is 6. The van der Waals surface area contributed by atoms with Crippen LogP contribution in [0.1, 0.15) is 57.7 Å². The Hall–Kier alpha value is -2.78. The lowest BCUT2D eigenvalue weighted by molar-refractivity contribution is 0.0351. The Bertz CT molecular complexity index is 1150. The molecule has 3 heterocycles. The summed E-state index contributed by atoms with van der Waals surface area (Å²) < 4.78 is 21.0. The number of rotatable bonds is 9. The maximum absolute atomic E-state index is 6.05. The van der Waals surface area contributed by atoms with Gasteiger partial charge in [-0.15, -0.1) is 5.10 Å². The van der Waals surface area contributed by atoms with Gasteiger partial charge in [0.2, 0.25) is 0 Å². The molecule has 188 valence electrons. The molecule has 1 saturated carbocycles. The van der Waals surface area contributed by atoms with Gasteiger partial charge < -0.3 is 14.2 Å². The SMILES string of the molecule is COCCOc1cccc(-c2nc(-c3nnn(CC4CCCC4)c3C)n(C3COC(C)(C)C3)n2)c1. The third-order valence-electron chi connectivity index (χ3n) is 7.12. The molecule has 1 aliphatic carbocycles. The molecule has 35 heavy (non-hydrogen) atoms. The van der Waals surface area contributed by atoms with Crippen molar-refractivity contribution in [2.24, 2.45) is 5.92 Å². The standard InChI is InChI=1S/C26H36N6O3/c1-18-23(28-30-31(18)16-19-8-5-6-9-19)25-27-24(29-32(25)21-15-26(2,3)35-17-21)20-10-7-11-22(14-20)34-13-12-33-4/h7,10-11,14,19,21H,5-6,8-9,12-13,15-17H2,1-4H3. The summed E-state index contributed by atoms with van der Waals surface area (Å²) in [6.45, 7) is 8.86. The van der Waals surface area contributed by atoms with Crippen molar-refractivity contribution in [1.82, 2.24) is 29.8 Å². The van der Waals surface area contributed by atoms with Crippen LogP contribution in [0.4, 0.5) is 0 Å². The van der Waals surface area contributed by atoms with Crippen molar-refractivity contribution < 1.29 is 14.2 Å². The van der Waals surface area contributed by atoms with Crippen LogP contribution in [0.5, 0.6) is 5.75 Å². The molecular weight excluding hydrogens is 444 g/mol. The first-order chi connectivity index (χ1) is 16.9. The molecule has 1 aromatic carbocycles. The lowest BCUT2D eigenvalue weighted by Gasteiger charge is -2.16. The summed E-state index contributed by atoms with van der Waals surface area (Å²) >= 11 is 0. The van der Waals surface area contributed by atoms with Gasteiger partial charge in [-0.1, -0.05) is 30.2 Å². The molecule has 0 bridgehead atoms. The highest BCUT2D eigenvalue weighted by molar-refractivity contribution is 5.62. The molecule has 1 atom stereocenters. The summed E-state index contributed by atoms with van der Waals surface area (Å²) in [6.07, 6.45) is 6.03. The van der Waals surface area contributed by atoms with Gasteiger partial charge in [-0.2, -0.15) is 5.10 Å².